The number of thiophene rings is 1. The first kappa shape index (κ1) is 26.4. The highest BCUT2D eigenvalue weighted by Crippen LogP contribution is 2.32. The third-order valence-electron chi connectivity index (χ3n) is 5.54. The molecule has 3 heterocycles. The van der Waals surface area contributed by atoms with E-state index < -0.39 is 27.9 Å². The van der Waals surface area contributed by atoms with E-state index in [4.69, 9.17) is 16.3 Å². The zero-order valence-corrected chi connectivity index (χ0v) is 23.1. The van der Waals surface area contributed by atoms with Gasteiger partial charge in [0, 0.05) is 11.4 Å². The van der Waals surface area contributed by atoms with Crippen molar-refractivity contribution in [3.63, 3.8) is 0 Å². The lowest BCUT2D eigenvalue weighted by atomic mass is 10.0. The topological polar surface area (TPSA) is 98.0 Å². The van der Waals surface area contributed by atoms with Crippen molar-refractivity contribution in [2.24, 2.45) is 4.99 Å². The van der Waals surface area contributed by atoms with Gasteiger partial charge in [-0.2, -0.15) is 9.30 Å². The van der Waals surface area contributed by atoms with Gasteiger partial charge in [0.1, 0.15) is 16.8 Å². The fraction of sp³-hybridized carbons (Fsp3) is 0.409. The monoisotopic (exact) mass is 573 g/mol. The summed E-state index contributed by atoms with van der Waals surface area (Å²) in [5, 5.41) is 0. The number of benzene rings is 1. The number of amides is 1. The molecule has 1 aliphatic heterocycles. The van der Waals surface area contributed by atoms with E-state index in [1.807, 2.05) is 24.5 Å². The third kappa shape index (κ3) is 5.67. The van der Waals surface area contributed by atoms with Crippen LogP contribution in [0.5, 0.6) is 0 Å². The molecule has 0 N–H and O–H groups in total. The molecule has 3 aromatic rings. The number of esters is 1. The number of thioether (sulfide) groups is 1. The van der Waals surface area contributed by atoms with Crippen LogP contribution in [0.4, 0.5) is 0 Å². The van der Waals surface area contributed by atoms with Gasteiger partial charge in [-0.3, -0.25) is 9.59 Å². The van der Waals surface area contributed by atoms with E-state index in [-0.39, 0.29) is 23.9 Å². The lowest BCUT2D eigenvalue weighted by Gasteiger charge is -2.31. The molecule has 1 unspecified atom stereocenters. The zero-order chi connectivity index (χ0) is 25.2. The van der Waals surface area contributed by atoms with E-state index in [9.17, 15) is 18.0 Å². The van der Waals surface area contributed by atoms with E-state index >= 15 is 0 Å². The van der Waals surface area contributed by atoms with Crippen molar-refractivity contribution in [2.75, 3.05) is 19.4 Å². The van der Waals surface area contributed by atoms with Crippen LogP contribution in [-0.2, 0) is 30.9 Å². The van der Waals surface area contributed by atoms with Crippen molar-refractivity contribution in [3.8, 4) is 0 Å². The Morgan fingerprint density at radius 3 is 2.71 bits per heavy atom. The maximum absolute atomic E-state index is 13.4. The molecule has 4 rings (SSSR count). The fourth-order valence-corrected chi connectivity index (χ4v) is 8.77. The number of ether oxygens (including phenoxy) is 1. The van der Waals surface area contributed by atoms with Gasteiger partial charge in [0.05, 0.1) is 21.2 Å². The fourth-order valence-electron chi connectivity index (χ4n) is 3.91. The summed E-state index contributed by atoms with van der Waals surface area (Å²) in [6.45, 7) is 2.10. The Hall–Kier alpha value is -1.70. The van der Waals surface area contributed by atoms with E-state index in [2.05, 4.69) is 4.99 Å². The largest absolute Gasteiger partial charge is 0.465 e. The van der Waals surface area contributed by atoms with Gasteiger partial charge in [0.2, 0.25) is 0 Å². The summed E-state index contributed by atoms with van der Waals surface area (Å²) in [4.78, 5) is 31.4. The summed E-state index contributed by atoms with van der Waals surface area (Å²) < 4.78 is 35.9. The molecule has 2 aromatic heterocycles. The van der Waals surface area contributed by atoms with Crippen LogP contribution in [0, 0.1) is 0 Å². The SMILES string of the molecule is CCOC(=O)Cn1c(=NC(=O)C2CCCCN2S(=O)(=O)c2ccc(Cl)s2)sc2cc(SC)ccc21. The van der Waals surface area contributed by atoms with Gasteiger partial charge in [-0.1, -0.05) is 29.4 Å². The number of aromatic nitrogens is 1. The van der Waals surface area contributed by atoms with Gasteiger partial charge in [0.15, 0.2) is 4.80 Å². The van der Waals surface area contributed by atoms with Gasteiger partial charge in [-0.05, 0) is 56.4 Å². The molecule has 13 heteroatoms. The molecule has 0 aliphatic carbocycles. The molecular weight excluding hydrogens is 550 g/mol. The van der Waals surface area contributed by atoms with Crippen molar-refractivity contribution in [2.45, 2.75) is 47.9 Å². The van der Waals surface area contributed by atoms with Crippen molar-refractivity contribution in [1.29, 1.82) is 0 Å². The van der Waals surface area contributed by atoms with Crippen LogP contribution < -0.4 is 4.80 Å². The van der Waals surface area contributed by atoms with Crippen LogP contribution in [0.2, 0.25) is 4.34 Å². The van der Waals surface area contributed by atoms with E-state index in [1.54, 1.807) is 23.3 Å². The zero-order valence-electron chi connectivity index (χ0n) is 19.1. The standard InChI is InChI=1S/C22H24ClN3O5S4/c1-3-31-19(27)13-25-15-8-7-14(32-2)12-17(15)33-22(25)24-21(28)16-6-4-5-11-26(16)35(29,30)20-10-9-18(23)34-20/h7-10,12,16H,3-6,11,13H2,1-2H3. The Morgan fingerprint density at radius 1 is 1.23 bits per heavy atom. The highest BCUT2D eigenvalue weighted by molar-refractivity contribution is 7.98. The normalized spacial score (nSPS) is 17.7. The summed E-state index contributed by atoms with van der Waals surface area (Å²) in [7, 11) is -3.89. The second-order valence-corrected chi connectivity index (χ2v) is 13.5. The molecule has 1 aliphatic rings. The Kier molecular flexibility index (Phi) is 8.39. The second-order valence-electron chi connectivity index (χ2n) is 7.75. The summed E-state index contributed by atoms with van der Waals surface area (Å²) in [6.07, 6.45) is 3.72. The predicted molar refractivity (Wildman–Crippen MR) is 140 cm³/mol. The van der Waals surface area contributed by atoms with Crippen LogP contribution in [0.1, 0.15) is 26.2 Å². The lowest BCUT2D eigenvalue weighted by Crippen LogP contribution is -2.47. The van der Waals surface area contributed by atoms with Gasteiger partial charge in [-0.25, -0.2) is 8.42 Å². The van der Waals surface area contributed by atoms with Crippen molar-refractivity contribution in [3.05, 3.63) is 39.5 Å². The Labute approximate surface area is 220 Å². The van der Waals surface area contributed by atoms with Crippen molar-refractivity contribution >= 4 is 78.2 Å². The number of thiazole rings is 1. The number of nitrogens with zero attached hydrogens (tertiary/aromatic N) is 3. The van der Waals surface area contributed by atoms with Gasteiger partial charge >= 0.3 is 5.97 Å². The number of halogens is 1. The molecular formula is C22H24ClN3O5S4. The Balaban J connectivity index is 1.75. The first-order chi connectivity index (χ1) is 16.7. The van der Waals surface area contributed by atoms with Crippen LogP contribution in [0.3, 0.4) is 0 Å². The van der Waals surface area contributed by atoms with E-state index in [0.29, 0.717) is 22.0 Å². The summed E-state index contributed by atoms with van der Waals surface area (Å²) in [5.74, 6) is -0.989. The lowest BCUT2D eigenvalue weighted by molar-refractivity contribution is -0.143. The van der Waals surface area contributed by atoms with Crippen molar-refractivity contribution < 1.29 is 22.7 Å². The number of carbonyl (C=O) groups is 2. The molecule has 1 amide bonds. The smallest absolute Gasteiger partial charge is 0.326 e. The maximum Gasteiger partial charge on any atom is 0.326 e. The average molecular weight is 574 g/mol. The van der Waals surface area contributed by atoms with Crippen LogP contribution in [-0.4, -0.2) is 54.6 Å². The van der Waals surface area contributed by atoms with Crippen LogP contribution in [0.15, 0.2) is 44.4 Å². The van der Waals surface area contributed by atoms with Gasteiger partial charge in [-0.15, -0.1) is 23.1 Å². The molecule has 8 nitrogen and oxygen atoms in total. The average Bonchev–Trinajstić information content (AvgIpc) is 3.42. The van der Waals surface area contributed by atoms with E-state index in [1.165, 1.54) is 27.8 Å². The molecule has 1 atom stereocenters. The summed E-state index contributed by atoms with van der Waals surface area (Å²) in [5.41, 5.74) is 0.758. The number of piperidine rings is 1. The van der Waals surface area contributed by atoms with E-state index in [0.717, 1.165) is 32.9 Å². The molecule has 0 bridgehead atoms. The number of sulfonamides is 1. The highest BCUT2D eigenvalue weighted by Gasteiger charge is 2.38. The van der Waals surface area contributed by atoms with Gasteiger partial charge < -0.3 is 9.30 Å². The Bertz CT molecular complexity index is 1430. The molecule has 0 radical (unpaired) electrons. The minimum absolute atomic E-state index is 0.0983. The van der Waals surface area contributed by atoms with Crippen molar-refractivity contribution in [1.82, 2.24) is 8.87 Å². The molecule has 0 saturated carbocycles. The number of fused-ring (bicyclic) bond motifs is 1. The molecule has 0 spiro atoms. The van der Waals surface area contributed by atoms with Crippen LogP contribution in [0.25, 0.3) is 10.2 Å². The number of rotatable bonds is 7. The third-order valence-corrected chi connectivity index (χ3v) is 10.9. The highest BCUT2D eigenvalue weighted by atomic mass is 35.5. The van der Waals surface area contributed by atoms with Gasteiger partial charge in [0.25, 0.3) is 15.9 Å². The first-order valence-electron chi connectivity index (χ1n) is 10.9. The number of hydrogen-bond donors (Lipinski definition) is 0. The molecule has 35 heavy (non-hydrogen) atoms. The first-order valence-corrected chi connectivity index (χ1v) is 15.6. The second kappa shape index (κ2) is 11.1. The predicted octanol–water partition coefficient (Wildman–Crippen LogP) is 4.37. The molecule has 1 fully saturated rings. The minimum atomic E-state index is -3.89. The summed E-state index contributed by atoms with van der Waals surface area (Å²) >= 11 is 9.80. The molecule has 1 aromatic carbocycles. The molecule has 1 saturated heterocycles. The minimum Gasteiger partial charge on any atom is -0.465 e. The maximum atomic E-state index is 13.4. The molecule has 188 valence electrons. The number of carbonyl (C=O) groups excluding carboxylic acids is 2. The number of hydrogen-bond acceptors (Lipinski definition) is 8. The Morgan fingerprint density at radius 2 is 2.03 bits per heavy atom. The quantitative estimate of drug-likeness (QED) is 0.307. The van der Waals surface area contributed by atoms with Crippen LogP contribution >= 0.6 is 46.0 Å². The summed E-state index contributed by atoms with van der Waals surface area (Å²) in [6, 6.07) is 7.87.